The Morgan fingerprint density at radius 3 is 2.46 bits per heavy atom. The van der Waals surface area contributed by atoms with Gasteiger partial charge in [0.05, 0.1) is 12.6 Å². The standard InChI is InChI=1S/C21H29N3O2/c1-2-24(18-9-10-18)20(25)15-23-14-17-8-4-3-7-16(17)13-19(23)21(26)22-11-5-6-12-22/h3-4,7-8,18-19H,2,5-6,9-15H2,1H3/t19-/m0/s1. The minimum Gasteiger partial charge on any atom is -0.341 e. The molecule has 1 saturated heterocycles. The molecule has 3 aliphatic rings. The summed E-state index contributed by atoms with van der Waals surface area (Å²) in [7, 11) is 0. The summed E-state index contributed by atoms with van der Waals surface area (Å²) in [5.41, 5.74) is 2.50. The van der Waals surface area contributed by atoms with Crippen LogP contribution in [0.5, 0.6) is 0 Å². The quantitative estimate of drug-likeness (QED) is 0.812. The third kappa shape index (κ3) is 3.50. The van der Waals surface area contributed by atoms with Gasteiger partial charge in [-0.05, 0) is 50.2 Å². The zero-order valence-corrected chi connectivity index (χ0v) is 15.7. The summed E-state index contributed by atoms with van der Waals surface area (Å²) in [5, 5.41) is 0. The summed E-state index contributed by atoms with van der Waals surface area (Å²) in [6.45, 7) is 5.58. The van der Waals surface area contributed by atoms with E-state index < -0.39 is 0 Å². The second-order valence-electron chi connectivity index (χ2n) is 7.84. The molecule has 5 heteroatoms. The van der Waals surface area contributed by atoms with Gasteiger partial charge in [-0.2, -0.15) is 0 Å². The Kier molecular flexibility index (Phi) is 4.98. The predicted molar refractivity (Wildman–Crippen MR) is 101 cm³/mol. The van der Waals surface area contributed by atoms with Gasteiger partial charge in [-0.1, -0.05) is 24.3 Å². The Labute approximate surface area is 155 Å². The number of nitrogens with zero attached hydrogens (tertiary/aromatic N) is 3. The van der Waals surface area contributed by atoms with Gasteiger partial charge in [-0.15, -0.1) is 0 Å². The fourth-order valence-electron chi connectivity index (χ4n) is 4.42. The summed E-state index contributed by atoms with van der Waals surface area (Å²) in [4.78, 5) is 32.1. The van der Waals surface area contributed by atoms with E-state index in [-0.39, 0.29) is 17.9 Å². The lowest BCUT2D eigenvalue weighted by Crippen LogP contribution is -2.54. The molecule has 1 aliphatic carbocycles. The van der Waals surface area contributed by atoms with E-state index in [4.69, 9.17) is 0 Å². The van der Waals surface area contributed by atoms with Crippen LogP contribution < -0.4 is 0 Å². The van der Waals surface area contributed by atoms with Crippen molar-refractivity contribution in [1.82, 2.24) is 14.7 Å². The molecule has 0 N–H and O–H groups in total. The summed E-state index contributed by atoms with van der Waals surface area (Å²) >= 11 is 0. The smallest absolute Gasteiger partial charge is 0.240 e. The lowest BCUT2D eigenvalue weighted by molar-refractivity contribution is -0.140. The van der Waals surface area contributed by atoms with Gasteiger partial charge < -0.3 is 9.80 Å². The molecule has 2 fully saturated rings. The molecule has 140 valence electrons. The lowest BCUT2D eigenvalue weighted by Gasteiger charge is -2.38. The molecule has 1 aromatic rings. The third-order valence-corrected chi connectivity index (χ3v) is 6.04. The second-order valence-corrected chi connectivity index (χ2v) is 7.84. The summed E-state index contributed by atoms with van der Waals surface area (Å²) in [6.07, 6.45) is 5.16. The molecule has 0 unspecified atom stereocenters. The predicted octanol–water partition coefficient (Wildman–Crippen LogP) is 2.05. The Balaban J connectivity index is 1.54. The van der Waals surface area contributed by atoms with E-state index in [1.54, 1.807) is 0 Å². The fraction of sp³-hybridized carbons (Fsp3) is 0.619. The van der Waals surface area contributed by atoms with Crippen LogP contribution in [-0.2, 0) is 22.6 Å². The molecule has 1 atom stereocenters. The van der Waals surface area contributed by atoms with Gasteiger partial charge in [0, 0.05) is 32.2 Å². The highest BCUT2D eigenvalue weighted by Gasteiger charge is 2.38. The third-order valence-electron chi connectivity index (χ3n) is 6.04. The van der Waals surface area contributed by atoms with Crippen molar-refractivity contribution >= 4 is 11.8 Å². The van der Waals surface area contributed by atoms with E-state index in [9.17, 15) is 9.59 Å². The number of benzene rings is 1. The van der Waals surface area contributed by atoms with E-state index in [1.165, 1.54) is 11.1 Å². The Bertz CT molecular complexity index is 680. The van der Waals surface area contributed by atoms with E-state index in [2.05, 4.69) is 24.0 Å². The van der Waals surface area contributed by atoms with Gasteiger partial charge in [0.2, 0.25) is 11.8 Å². The van der Waals surface area contributed by atoms with E-state index in [0.29, 0.717) is 25.6 Å². The summed E-state index contributed by atoms with van der Waals surface area (Å²) < 4.78 is 0. The summed E-state index contributed by atoms with van der Waals surface area (Å²) in [6, 6.07) is 8.57. The largest absolute Gasteiger partial charge is 0.341 e. The maximum atomic E-state index is 13.1. The van der Waals surface area contributed by atoms with E-state index in [0.717, 1.165) is 45.3 Å². The zero-order chi connectivity index (χ0) is 18.1. The van der Waals surface area contributed by atoms with Gasteiger partial charge in [0.1, 0.15) is 0 Å². The van der Waals surface area contributed by atoms with Gasteiger partial charge in [-0.25, -0.2) is 0 Å². The Hall–Kier alpha value is -1.88. The topological polar surface area (TPSA) is 43.9 Å². The number of hydrogen-bond acceptors (Lipinski definition) is 3. The van der Waals surface area contributed by atoms with Crippen LogP contribution in [0.15, 0.2) is 24.3 Å². The highest BCUT2D eigenvalue weighted by atomic mass is 16.2. The van der Waals surface area contributed by atoms with Crippen molar-refractivity contribution in [1.29, 1.82) is 0 Å². The fourth-order valence-corrected chi connectivity index (χ4v) is 4.42. The number of fused-ring (bicyclic) bond motifs is 1. The highest BCUT2D eigenvalue weighted by molar-refractivity contribution is 5.85. The van der Waals surface area contributed by atoms with Crippen LogP contribution >= 0.6 is 0 Å². The molecular weight excluding hydrogens is 326 g/mol. The number of rotatable bonds is 5. The number of carbonyl (C=O) groups excluding carboxylic acids is 2. The van der Waals surface area contributed by atoms with Crippen molar-refractivity contribution in [2.24, 2.45) is 0 Å². The van der Waals surface area contributed by atoms with Gasteiger partial charge in [0.15, 0.2) is 0 Å². The average Bonchev–Trinajstić information content (AvgIpc) is 3.33. The minimum absolute atomic E-state index is 0.175. The number of likely N-dealkylation sites (N-methyl/N-ethyl adjacent to an activating group) is 1. The molecule has 0 radical (unpaired) electrons. The molecule has 2 heterocycles. The maximum Gasteiger partial charge on any atom is 0.240 e. The first-order valence-electron chi connectivity index (χ1n) is 10.1. The molecular formula is C21H29N3O2. The van der Waals surface area contributed by atoms with Crippen molar-refractivity contribution in [2.45, 2.75) is 57.7 Å². The normalized spacial score (nSPS) is 23.0. The van der Waals surface area contributed by atoms with Gasteiger partial charge in [0.25, 0.3) is 0 Å². The van der Waals surface area contributed by atoms with Crippen LogP contribution in [0.25, 0.3) is 0 Å². The number of amides is 2. The Morgan fingerprint density at radius 2 is 1.81 bits per heavy atom. The second kappa shape index (κ2) is 7.39. The van der Waals surface area contributed by atoms with Crippen molar-refractivity contribution in [3.8, 4) is 0 Å². The summed E-state index contributed by atoms with van der Waals surface area (Å²) in [5.74, 6) is 0.382. The van der Waals surface area contributed by atoms with Gasteiger partial charge >= 0.3 is 0 Å². The van der Waals surface area contributed by atoms with Crippen LogP contribution in [0.1, 0.15) is 43.7 Å². The highest BCUT2D eigenvalue weighted by Crippen LogP contribution is 2.29. The van der Waals surface area contributed by atoms with Crippen LogP contribution in [0.2, 0.25) is 0 Å². The molecule has 5 nitrogen and oxygen atoms in total. The number of carbonyl (C=O) groups is 2. The monoisotopic (exact) mass is 355 g/mol. The molecule has 2 aliphatic heterocycles. The molecule has 1 aromatic carbocycles. The van der Waals surface area contributed by atoms with Crippen LogP contribution in [-0.4, -0.2) is 64.8 Å². The molecule has 0 bridgehead atoms. The molecule has 2 amide bonds. The van der Waals surface area contributed by atoms with Crippen molar-refractivity contribution in [2.75, 3.05) is 26.2 Å². The first-order valence-corrected chi connectivity index (χ1v) is 10.1. The molecule has 26 heavy (non-hydrogen) atoms. The van der Waals surface area contributed by atoms with Crippen LogP contribution in [0.3, 0.4) is 0 Å². The maximum absolute atomic E-state index is 13.1. The molecule has 1 saturated carbocycles. The van der Waals surface area contributed by atoms with E-state index >= 15 is 0 Å². The zero-order valence-electron chi connectivity index (χ0n) is 15.7. The number of hydrogen-bond donors (Lipinski definition) is 0. The average molecular weight is 355 g/mol. The molecule has 4 rings (SSSR count). The Morgan fingerprint density at radius 1 is 1.12 bits per heavy atom. The first kappa shape index (κ1) is 17.5. The molecule has 0 spiro atoms. The van der Waals surface area contributed by atoms with E-state index in [1.807, 2.05) is 21.9 Å². The lowest BCUT2D eigenvalue weighted by atomic mass is 9.93. The van der Waals surface area contributed by atoms with Crippen LogP contribution in [0, 0.1) is 0 Å². The first-order chi connectivity index (χ1) is 12.7. The van der Waals surface area contributed by atoms with Crippen molar-refractivity contribution < 1.29 is 9.59 Å². The van der Waals surface area contributed by atoms with Crippen molar-refractivity contribution in [3.05, 3.63) is 35.4 Å². The SMILES string of the molecule is CCN(C(=O)CN1Cc2ccccc2C[C@H]1C(=O)N1CCCC1)C1CC1. The van der Waals surface area contributed by atoms with Crippen LogP contribution in [0.4, 0.5) is 0 Å². The van der Waals surface area contributed by atoms with Crippen molar-refractivity contribution in [3.63, 3.8) is 0 Å². The van der Waals surface area contributed by atoms with Gasteiger partial charge in [-0.3, -0.25) is 14.5 Å². The number of likely N-dealkylation sites (tertiary alicyclic amines) is 1. The molecule has 0 aromatic heterocycles. The minimum atomic E-state index is -0.204.